The van der Waals surface area contributed by atoms with Crippen molar-refractivity contribution in [1.82, 2.24) is 9.99 Å². The predicted molar refractivity (Wildman–Crippen MR) is 77.9 cm³/mol. The van der Waals surface area contributed by atoms with Crippen molar-refractivity contribution in [2.45, 2.75) is 6.92 Å². The molecule has 0 spiro atoms. The Labute approximate surface area is 116 Å². The van der Waals surface area contributed by atoms with Crippen molar-refractivity contribution in [2.75, 3.05) is 0 Å². The standard InChI is InChI=1S/C15H15N3O2/c1-11-5-3-6-12(9-11)10-16-17-14(19)13-7-4-8-18(2)15(13)20/h3-10H,1-2H3,(H,17,19)/b16-10-. The minimum absolute atomic E-state index is 0.0661. The molecule has 1 N–H and O–H groups in total. The molecule has 1 heterocycles. The zero-order valence-electron chi connectivity index (χ0n) is 11.3. The summed E-state index contributed by atoms with van der Waals surface area (Å²) in [7, 11) is 1.59. The molecule has 20 heavy (non-hydrogen) atoms. The minimum atomic E-state index is -0.518. The summed E-state index contributed by atoms with van der Waals surface area (Å²) in [6, 6.07) is 10.8. The number of hydrogen-bond acceptors (Lipinski definition) is 3. The third kappa shape index (κ3) is 3.20. The number of carbonyl (C=O) groups is 1. The van der Waals surface area contributed by atoms with Gasteiger partial charge in [-0.3, -0.25) is 9.59 Å². The van der Waals surface area contributed by atoms with Crippen LogP contribution >= 0.6 is 0 Å². The minimum Gasteiger partial charge on any atom is -0.318 e. The number of nitrogens with one attached hydrogen (secondary N) is 1. The lowest BCUT2D eigenvalue weighted by molar-refractivity contribution is 0.0953. The second-order valence-electron chi connectivity index (χ2n) is 4.45. The maximum absolute atomic E-state index is 11.8. The molecule has 0 aliphatic carbocycles. The van der Waals surface area contributed by atoms with Crippen molar-refractivity contribution in [3.8, 4) is 0 Å². The number of aryl methyl sites for hydroxylation is 2. The van der Waals surface area contributed by atoms with Gasteiger partial charge in [0.2, 0.25) is 0 Å². The van der Waals surface area contributed by atoms with Crippen molar-refractivity contribution in [1.29, 1.82) is 0 Å². The smallest absolute Gasteiger partial charge is 0.276 e. The lowest BCUT2D eigenvalue weighted by Crippen LogP contribution is -2.29. The van der Waals surface area contributed by atoms with Crippen LogP contribution in [0.2, 0.25) is 0 Å². The fourth-order valence-electron chi connectivity index (χ4n) is 1.75. The van der Waals surface area contributed by atoms with Crippen LogP contribution in [0.3, 0.4) is 0 Å². The Morgan fingerprint density at radius 2 is 2.10 bits per heavy atom. The van der Waals surface area contributed by atoms with E-state index in [-0.39, 0.29) is 11.1 Å². The first-order chi connectivity index (χ1) is 9.58. The van der Waals surface area contributed by atoms with E-state index in [0.717, 1.165) is 11.1 Å². The number of hydrogen-bond donors (Lipinski definition) is 1. The molecule has 1 amide bonds. The highest BCUT2D eigenvalue weighted by molar-refractivity contribution is 5.94. The normalized spacial score (nSPS) is 10.7. The van der Waals surface area contributed by atoms with E-state index >= 15 is 0 Å². The van der Waals surface area contributed by atoms with Crippen molar-refractivity contribution >= 4 is 12.1 Å². The van der Waals surface area contributed by atoms with Crippen LogP contribution < -0.4 is 11.0 Å². The molecular weight excluding hydrogens is 254 g/mol. The van der Waals surface area contributed by atoms with Gasteiger partial charge in [0.05, 0.1) is 6.21 Å². The molecule has 0 fully saturated rings. The van der Waals surface area contributed by atoms with Gasteiger partial charge in [0.25, 0.3) is 11.5 Å². The first kappa shape index (κ1) is 13.7. The molecule has 0 radical (unpaired) electrons. The maximum Gasteiger partial charge on any atom is 0.276 e. The van der Waals surface area contributed by atoms with Crippen LogP contribution in [0.5, 0.6) is 0 Å². The molecule has 0 unspecified atom stereocenters. The molecule has 0 saturated heterocycles. The largest absolute Gasteiger partial charge is 0.318 e. The van der Waals surface area contributed by atoms with Gasteiger partial charge in [-0.25, -0.2) is 5.43 Å². The van der Waals surface area contributed by atoms with Crippen molar-refractivity contribution in [3.63, 3.8) is 0 Å². The Kier molecular flexibility index (Phi) is 4.10. The first-order valence-corrected chi connectivity index (χ1v) is 6.13. The second-order valence-corrected chi connectivity index (χ2v) is 4.45. The van der Waals surface area contributed by atoms with Crippen LogP contribution in [0.4, 0.5) is 0 Å². The van der Waals surface area contributed by atoms with Crippen LogP contribution in [-0.4, -0.2) is 16.7 Å². The summed E-state index contributed by atoms with van der Waals surface area (Å²) in [5.74, 6) is -0.518. The Balaban J connectivity index is 2.09. The highest BCUT2D eigenvalue weighted by Crippen LogP contribution is 2.00. The number of amides is 1. The van der Waals surface area contributed by atoms with E-state index < -0.39 is 5.91 Å². The van der Waals surface area contributed by atoms with Crippen LogP contribution in [0.15, 0.2) is 52.5 Å². The molecule has 0 atom stereocenters. The molecule has 0 saturated carbocycles. The van der Waals surface area contributed by atoms with Gasteiger partial charge in [0.1, 0.15) is 5.56 Å². The van der Waals surface area contributed by atoms with Crippen molar-refractivity contribution in [3.05, 3.63) is 69.6 Å². The lowest BCUT2D eigenvalue weighted by atomic mass is 10.2. The van der Waals surface area contributed by atoms with Gasteiger partial charge in [-0.15, -0.1) is 0 Å². The molecule has 2 rings (SSSR count). The van der Waals surface area contributed by atoms with Gasteiger partial charge in [0.15, 0.2) is 0 Å². The second kappa shape index (κ2) is 5.97. The van der Waals surface area contributed by atoms with Gasteiger partial charge in [0, 0.05) is 13.2 Å². The number of pyridine rings is 1. The van der Waals surface area contributed by atoms with Gasteiger partial charge in [-0.2, -0.15) is 5.10 Å². The highest BCUT2D eigenvalue weighted by Gasteiger charge is 2.09. The lowest BCUT2D eigenvalue weighted by Gasteiger charge is -2.01. The third-order valence-electron chi connectivity index (χ3n) is 2.79. The van der Waals surface area contributed by atoms with Crippen LogP contribution in [0.1, 0.15) is 21.5 Å². The van der Waals surface area contributed by atoms with E-state index in [0.29, 0.717) is 0 Å². The fourth-order valence-corrected chi connectivity index (χ4v) is 1.75. The molecule has 0 aliphatic rings. The summed E-state index contributed by atoms with van der Waals surface area (Å²) >= 11 is 0. The Hall–Kier alpha value is -2.69. The zero-order valence-corrected chi connectivity index (χ0v) is 11.3. The number of hydrazone groups is 1. The van der Waals surface area contributed by atoms with Crippen LogP contribution in [0, 0.1) is 6.92 Å². The summed E-state index contributed by atoms with van der Waals surface area (Å²) in [6.07, 6.45) is 3.13. The highest BCUT2D eigenvalue weighted by atomic mass is 16.2. The third-order valence-corrected chi connectivity index (χ3v) is 2.79. The predicted octanol–water partition coefficient (Wildman–Crippen LogP) is 1.46. The molecule has 1 aromatic carbocycles. The quantitative estimate of drug-likeness (QED) is 0.677. The van der Waals surface area contributed by atoms with Gasteiger partial charge < -0.3 is 4.57 Å². The number of carbonyl (C=O) groups excluding carboxylic acids is 1. The summed E-state index contributed by atoms with van der Waals surface area (Å²) in [5, 5.41) is 3.86. The maximum atomic E-state index is 11.8. The molecule has 0 bridgehead atoms. The Bertz CT molecular complexity index is 717. The molecule has 5 nitrogen and oxygen atoms in total. The average Bonchev–Trinajstić information content (AvgIpc) is 2.42. The van der Waals surface area contributed by atoms with E-state index in [9.17, 15) is 9.59 Å². The van der Waals surface area contributed by atoms with Gasteiger partial charge in [-0.05, 0) is 24.6 Å². The molecule has 102 valence electrons. The first-order valence-electron chi connectivity index (χ1n) is 6.13. The summed E-state index contributed by atoms with van der Waals surface area (Å²) in [6.45, 7) is 1.98. The number of aromatic nitrogens is 1. The number of benzene rings is 1. The number of nitrogens with zero attached hydrogens (tertiary/aromatic N) is 2. The molecular formula is C15H15N3O2. The monoisotopic (exact) mass is 269 g/mol. The van der Waals surface area contributed by atoms with Gasteiger partial charge >= 0.3 is 0 Å². The summed E-state index contributed by atoms with van der Waals surface area (Å²) in [4.78, 5) is 23.6. The fraction of sp³-hybridized carbons (Fsp3) is 0.133. The van der Waals surface area contributed by atoms with Crippen molar-refractivity contribution in [2.24, 2.45) is 12.1 Å². The molecule has 5 heteroatoms. The average molecular weight is 269 g/mol. The van der Waals surface area contributed by atoms with Crippen molar-refractivity contribution < 1.29 is 4.79 Å². The number of rotatable bonds is 3. The van der Waals surface area contributed by atoms with Crippen LogP contribution in [0.25, 0.3) is 0 Å². The van der Waals surface area contributed by atoms with Gasteiger partial charge in [-0.1, -0.05) is 29.8 Å². The topological polar surface area (TPSA) is 63.5 Å². The zero-order chi connectivity index (χ0) is 14.5. The molecule has 2 aromatic rings. The molecule has 0 aliphatic heterocycles. The summed E-state index contributed by atoms with van der Waals surface area (Å²) in [5.41, 5.74) is 4.06. The Morgan fingerprint density at radius 1 is 1.30 bits per heavy atom. The van der Waals surface area contributed by atoms with E-state index in [1.54, 1.807) is 19.3 Å². The Morgan fingerprint density at radius 3 is 2.85 bits per heavy atom. The van der Waals surface area contributed by atoms with Crippen LogP contribution in [-0.2, 0) is 7.05 Å². The SMILES string of the molecule is Cc1cccc(/C=N\NC(=O)c2cccn(C)c2=O)c1. The van der Waals surface area contributed by atoms with E-state index in [1.165, 1.54) is 16.8 Å². The van der Waals surface area contributed by atoms with E-state index in [4.69, 9.17) is 0 Å². The van der Waals surface area contributed by atoms with E-state index in [1.807, 2.05) is 31.2 Å². The molecule has 1 aromatic heterocycles. The van der Waals surface area contributed by atoms with E-state index in [2.05, 4.69) is 10.5 Å². The summed E-state index contributed by atoms with van der Waals surface area (Å²) < 4.78 is 1.35.